The van der Waals surface area contributed by atoms with E-state index in [9.17, 15) is 9.59 Å². The first-order chi connectivity index (χ1) is 11.6. The number of benzene rings is 2. The van der Waals surface area contributed by atoms with Gasteiger partial charge in [0.15, 0.2) is 6.61 Å². The van der Waals surface area contributed by atoms with Crippen LogP contribution in [0.2, 0.25) is 0 Å². The Morgan fingerprint density at radius 3 is 2.79 bits per heavy atom. The topological polar surface area (TPSA) is 46.6 Å². The third-order valence-corrected chi connectivity index (χ3v) is 4.67. The van der Waals surface area contributed by atoms with Crippen molar-refractivity contribution >= 4 is 33.5 Å². The van der Waals surface area contributed by atoms with E-state index < -0.39 is 5.97 Å². The molecule has 24 heavy (non-hydrogen) atoms. The second-order valence-corrected chi connectivity index (χ2v) is 6.78. The third kappa shape index (κ3) is 3.51. The van der Waals surface area contributed by atoms with E-state index in [0.29, 0.717) is 5.56 Å². The first kappa shape index (κ1) is 16.7. The quantitative estimate of drug-likeness (QED) is 0.748. The summed E-state index contributed by atoms with van der Waals surface area (Å²) in [5, 5.41) is 0. The number of ether oxygens (including phenoxy) is 1. The van der Waals surface area contributed by atoms with Gasteiger partial charge in [-0.3, -0.25) is 4.79 Å². The summed E-state index contributed by atoms with van der Waals surface area (Å²) in [6, 6.07) is 14.9. The van der Waals surface area contributed by atoms with Crippen LogP contribution in [0.25, 0.3) is 0 Å². The van der Waals surface area contributed by atoms with Crippen molar-refractivity contribution in [2.24, 2.45) is 0 Å². The Morgan fingerprint density at radius 1 is 1.21 bits per heavy atom. The smallest absolute Gasteiger partial charge is 0.338 e. The van der Waals surface area contributed by atoms with Gasteiger partial charge in [-0.15, -0.1) is 0 Å². The molecule has 0 saturated heterocycles. The minimum absolute atomic E-state index is 0.0944. The minimum atomic E-state index is -0.498. The van der Waals surface area contributed by atoms with Crippen LogP contribution >= 0.6 is 15.9 Å². The van der Waals surface area contributed by atoms with Crippen molar-refractivity contribution < 1.29 is 14.3 Å². The summed E-state index contributed by atoms with van der Waals surface area (Å²) < 4.78 is 6.00. The first-order valence-corrected chi connectivity index (χ1v) is 8.68. The molecule has 2 aromatic carbocycles. The molecule has 0 radical (unpaired) electrons. The van der Waals surface area contributed by atoms with E-state index >= 15 is 0 Å². The van der Waals surface area contributed by atoms with Crippen LogP contribution in [0.4, 0.5) is 5.69 Å². The van der Waals surface area contributed by atoms with Gasteiger partial charge in [-0.05, 0) is 49.6 Å². The number of para-hydroxylation sites is 1. The fraction of sp³-hybridized carbons (Fsp3) is 0.263. The maximum absolute atomic E-state index is 12.6. The van der Waals surface area contributed by atoms with Crippen molar-refractivity contribution in [3.05, 3.63) is 64.1 Å². The first-order valence-electron chi connectivity index (χ1n) is 7.89. The summed E-state index contributed by atoms with van der Waals surface area (Å²) in [4.78, 5) is 26.5. The van der Waals surface area contributed by atoms with Gasteiger partial charge >= 0.3 is 5.97 Å². The van der Waals surface area contributed by atoms with Crippen molar-refractivity contribution in [1.29, 1.82) is 0 Å². The normalized spacial score (nSPS) is 16.4. The molecular formula is C19H18BrNO3. The van der Waals surface area contributed by atoms with Crippen molar-refractivity contribution in [1.82, 2.24) is 0 Å². The number of amides is 1. The van der Waals surface area contributed by atoms with Gasteiger partial charge in [-0.25, -0.2) is 4.79 Å². The van der Waals surface area contributed by atoms with Gasteiger partial charge in [0.25, 0.3) is 5.91 Å². The van der Waals surface area contributed by atoms with Gasteiger partial charge in [-0.2, -0.15) is 0 Å². The van der Waals surface area contributed by atoms with Crippen LogP contribution in [0.15, 0.2) is 53.0 Å². The molecule has 4 nitrogen and oxygen atoms in total. The molecule has 1 amide bonds. The molecule has 0 saturated carbocycles. The maximum Gasteiger partial charge on any atom is 0.338 e. The highest BCUT2D eigenvalue weighted by Gasteiger charge is 2.28. The van der Waals surface area contributed by atoms with Crippen molar-refractivity contribution in [2.75, 3.05) is 11.5 Å². The largest absolute Gasteiger partial charge is 0.452 e. The Bertz CT molecular complexity index is 775. The number of carbonyl (C=O) groups is 2. The zero-order chi connectivity index (χ0) is 17.1. The summed E-state index contributed by atoms with van der Waals surface area (Å²) in [5.74, 6) is -0.694. The van der Waals surface area contributed by atoms with Gasteiger partial charge in [-0.1, -0.05) is 40.2 Å². The lowest BCUT2D eigenvalue weighted by molar-refractivity contribution is -0.122. The molecule has 1 heterocycles. The van der Waals surface area contributed by atoms with Crippen LogP contribution in [0.1, 0.15) is 29.3 Å². The van der Waals surface area contributed by atoms with Gasteiger partial charge in [0.05, 0.1) is 5.56 Å². The predicted octanol–water partition coefficient (Wildman–Crippen LogP) is 3.97. The van der Waals surface area contributed by atoms with Crippen LogP contribution in [0.3, 0.4) is 0 Å². The predicted molar refractivity (Wildman–Crippen MR) is 96.1 cm³/mol. The number of fused-ring (bicyclic) bond motifs is 1. The average molecular weight is 388 g/mol. The minimum Gasteiger partial charge on any atom is -0.452 e. The molecule has 0 N–H and O–H groups in total. The van der Waals surface area contributed by atoms with Gasteiger partial charge in [0.2, 0.25) is 0 Å². The summed E-state index contributed by atoms with van der Waals surface area (Å²) in [6.07, 6.45) is 1.86. The molecule has 1 unspecified atom stereocenters. The number of carbonyl (C=O) groups excluding carboxylic acids is 2. The van der Waals surface area contributed by atoms with Crippen molar-refractivity contribution in [3.8, 4) is 0 Å². The average Bonchev–Trinajstić information content (AvgIpc) is 2.59. The van der Waals surface area contributed by atoms with E-state index in [1.54, 1.807) is 23.1 Å². The Kier molecular flexibility index (Phi) is 5.00. The Balaban J connectivity index is 1.70. The number of aryl methyl sites for hydroxylation is 1. The number of halogens is 1. The fourth-order valence-electron chi connectivity index (χ4n) is 2.96. The van der Waals surface area contributed by atoms with Crippen LogP contribution in [0.5, 0.6) is 0 Å². The fourth-order valence-corrected chi connectivity index (χ4v) is 3.36. The molecule has 0 aromatic heterocycles. The zero-order valence-electron chi connectivity index (χ0n) is 13.4. The number of anilines is 1. The second kappa shape index (κ2) is 7.18. The molecule has 0 spiro atoms. The van der Waals surface area contributed by atoms with Gasteiger partial charge in [0, 0.05) is 16.2 Å². The third-order valence-electron chi connectivity index (χ3n) is 4.18. The van der Waals surface area contributed by atoms with Gasteiger partial charge in [0.1, 0.15) is 0 Å². The molecule has 0 fully saturated rings. The van der Waals surface area contributed by atoms with Crippen LogP contribution in [-0.4, -0.2) is 24.5 Å². The molecule has 124 valence electrons. The molecule has 3 rings (SSSR count). The highest BCUT2D eigenvalue weighted by atomic mass is 79.9. The maximum atomic E-state index is 12.6. The second-order valence-electron chi connectivity index (χ2n) is 5.87. The number of rotatable bonds is 3. The number of hydrogen-bond acceptors (Lipinski definition) is 3. The van der Waals surface area contributed by atoms with E-state index in [-0.39, 0.29) is 18.6 Å². The monoisotopic (exact) mass is 387 g/mol. The van der Waals surface area contributed by atoms with E-state index in [2.05, 4.69) is 15.9 Å². The van der Waals surface area contributed by atoms with Crippen LogP contribution in [0, 0.1) is 0 Å². The van der Waals surface area contributed by atoms with Gasteiger partial charge < -0.3 is 9.64 Å². The molecule has 1 aliphatic rings. The highest BCUT2D eigenvalue weighted by Crippen LogP contribution is 2.30. The molecule has 0 aliphatic carbocycles. The molecular weight excluding hydrogens is 370 g/mol. The van der Waals surface area contributed by atoms with E-state index in [4.69, 9.17) is 4.74 Å². The number of nitrogens with zero attached hydrogens (tertiary/aromatic N) is 1. The number of esters is 1. The molecule has 0 bridgehead atoms. The lowest BCUT2D eigenvalue weighted by atomic mass is 9.96. The standard InChI is InChI=1S/C19H18BrNO3/c1-13-9-10-14-5-2-3-8-17(14)21(13)18(22)12-24-19(23)15-6-4-7-16(20)11-15/h2-8,11,13H,9-10,12H2,1H3. The summed E-state index contributed by atoms with van der Waals surface area (Å²) in [7, 11) is 0. The molecule has 2 aromatic rings. The highest BCUT2D eigenvalue weighted by molar-refractivity contribution is 9.10. The van der Waals surface area contributed by atoms with E-state index in [0.717, 1.165) is 28.6 Å². The van der Waals surface area contributed by atoms with Crippen molar-refractivity contribution in [3.63, 3.8) is 0 Å². The lowest BCUT2D eigenvalue weighted by Crippen LogP contribution is -2.44. The summed E-state index contributed by atoms with van der Waals surface area (Å²) in [5.41, 5.74) is 2.49. The number of hydrogen-bond donors (Lipinski definition) is 0. The Morgan fingerprint density at radius 2 is 2.00 bits per heavy atom. The van der Waals surface area contributed by atoms with E-state index in [1.807, 2.05) is 37.3 Å². The molecule has 1 atom stereocenters. The van der Waals surface area contributed by atoms with E-state index in [1.165, 1.54) is 0 Å². The Hall–Kier alpha value is -2.14. The zero-order valence-corrected chi connectivity index (χ0v) is 15.0. The Labute approximate surface area is 149 Å². The van der Waals surface area contributed by atoms with Crippen LogP contribution < -0.4 is 4.90 Å². The molecule has 5 heteroatoms. The summed E-state index contributed by atoms with van der Waals surface area (Å²) in [6.45, 7) is 1.76. The summed E-state index contributed by atoms with van der Waals surface area (Å²) >= 11 is 3.32. The SMILES string of the molecule is CC1CCc2ccccc2N1C(=O)COC(=O)c1cccc(Br)c1. The van der Waals surface area contributed by atoms with Crippen LogP contribution in [-0.2, 0) is 16.0 Å². The lowest BCUT2D eigenvalue weighted by Gasteiger charge is -2.35. The van der Waals surface area contributed by atoms with Crippen molar-refractivity contribution in [2.45, 2.75) is 25.8 Å². The molecule has 1 aliphatic heterocycles.